The molecule has 0 aromatic carbocycles. The molecule has 0 saturated heterocycles. The topological polar surface area (TPSA) is 63.3 Å². The zero-order chi connectivity index (χ0) is 6.73. The number of hydrogen-bond acceptors (Lipinski definition) is 3. The Morgan fingerprint density at radius 1 is 1.88 bits per heavy atom. The van der Waals surface area contributed by atoms with Gasteiger partial charge < -0.3 is 0 Å². The molecule has 0 aliphatic heterocycles. The molecule has 0 amide bonds. The fraction of sp³-hybridized carbons (Fsp3) is 0.333. The number of carboxylic acids is 1. The van der Waals surface area contributed by atoms with Gasteiger partial charge in [0.25, 0.3) is 0 Å². The van der Waals surface area contributed by atoms with Gasteiger partial charge in [0, 0.05) is 0 Å². The Labute approximate surface area is 60.0 Å². The van der Waals surface area contributed by atoms with Crippen molar-refractivity contribution in [2.75, 3.05) is 0 Å². The summed E-state index contributed by atoms with van der Waals surface area (Å²) in [5, 5.41) is 8.12. The Bertz CT molecular complexity index is 112. The molecule has 1 atom stereocenters. The summed E-state index contributed by atoms with van der Waals surface area (Å²) in [6, 6.07) is -1.04. The summed E-state index contributed by atoms with van der Waals surface area (Å²) in [6.45, 7) is 0. The summed E-state index contributed by atoms with van der Waals surface area (Å²) in [6.07, 6.45) is 0. The molecule has 47 valence electrons. The van der Waals surface area contributed by atoms with Crippen molar-refractivity contribution in [3.8, 4) is 0 Å². The van der Waals surface area contributed by atoms with Crippen LogP contribution in [-0.2, 0) is 20.4 Å². The average molecular weight is 175 g/mol. The molecule has 0 fully saturated rings. The molecule has 5 heteroatoms. The van der Waals surface area contributed by atoms with Crippen LogP contribution in [0.3, 0.4) is 0 Å². The summed E-state index contributed by atoms with van der Waals surface area (Å²) in [5.41, 5.74) is 4.98. The molecule has 1 unspecified atom stereocenters. The molecule has 0 aliphatic rings. The van der Waals surface area contributed by atoms with Gasteiger partial charge in [0.05, 0.1) is 0 Å². The van der Waals surface area contributed by atoms with Crippen molar-refractivity contribution in [3.05, 3.63) is 0 Å². The van der Waals surface area contributed by atoms with Crippen LogP contribution < -0.4 is 5.73 Å². The van der Waals surface area contributed by atoms with Crippen molar-refractivity contribution < 1.29 is 25.5 Å². The van der Waals surface area contributed by atoms with E-state index in [0.29, 0.717) is 0 Å². The molecule has 0 spiro atoms. The van der Waals surface area contributed by atoms with Crippen LogP contribution in [0.4, 0.5) is 0 Å². The minimum absolute atomic E-state index is 0.164. The molecule has 0 aromatic heterocycles. The second-order valence-corrected chi connectivity index (χ2v) is 2.60. The van der Waals surface area contributed by atoms with Crippen molar-refractivity contribution in [2.24, 2.45) is 5.73 Å². The van der Waals surface area contributed by atoms with E-state index in [9.17, 15) is 4.79 Å². The van der Waals surface area contributed by atoms with Crippen LogP contribution in [-0.4, -0.2) is 20.9 Å². The van der Waals surface area contributed by atoms with Gasteiger partial charge in [-0.1, -0.05) is 0 Å². The number of carboxylic acid groups (broad SMARTS) is 1. The summed E-state index contributed by atoms with van der Waals surface area (Å²) in [5.74, 6) is -1.11. The van der Waals surface area contributed by atoms with Gasteiger partial charge in [0.1, 0.15) is 0 Å². The Kier molecular flexibility index (Phi) is 3.31. The van der Waals surface area contributed by atoms with Gasteiger partial charge in [-0.3, -0.25) is 0 Å². The first-order valence-corrected chi connectivity index (χ1v) is 2.74. The Balaban J connectivity index is 3.83. The van der Waals surface area contributed by atoms with E-state index < -0.39 is 12.0 Å². The predicted octanol–water partition coefficient (Wildman–Crippen LogP) is -0.995. The van der Waals surface area contributed by atoms with Crippen LogP contribution in [0, 0.1) is 0 Å². The average Bonchev–Trinajstić information content (AvgIpc) is 1.64. The number of hydrogen-bond donors (Lipinski definition) is 3. The minimum atomic E-state index is -1.11. The SMILES string of the molecule is NC(C(=O)O)[C](S)=[Fe+]. The Morgan fingerprint density at radius 3 is 2.25 bits per heavy atom. The van der Waals surface area contributed by atoms with Crippen molar-refractivity contribution in [1.82, 2.24) is 0 Å². The van der Waals surface area contributed by atoms with E-state index in [1.54, 1.807) is 0 Å². The van der Waals surface area contributed by atoms with Gasteiger partial charge in [0.2, 0.25) is 0 Å². The molecule has 8 heavy (non-hydrogen) atoms. The second-order valence-electron chi connectivity index (χ2n) is 1.13. The Morgan fingerprint density at radius 2 is 2.25 bits per heavy atom. The summed E-state index contributed by atoms with van der Waals surface area (Å²) in [7, 11) is 0. The van der Waals surface area contributed by atoms with Crippen molar-refractivity contribution in [3.63, 3.8) is 0 Å². The summed E-state index contributed by atoms with van der Waals surface area (Å²) in [4.78, 5) is 9.91. The van der Waals surface area contributed by atoms with Gasteiger partial charge in [-0.05, 0) is 0 Å². The van der Waals surface area contributed by atoms with E-state index in [1.807, 2.05) is 0 Å². The molecule has 0 radical (unpaired) electrons. The van der Waals surface area contributed by atoms with Crippen LogP contribution in [0.5, 0.6) is 0 Å². The van der Waals surface area contributed by atoms with Gasteiger partial charge in [-0.25, -0.2) is 0 Å². The second kappa shape index (κ2) is 3.25. The predicted molar refractivity (Wildman–Crippen MR) is 29.6 cm³/mol. The first kappa shape index (κ1) is 8.17. The van der Waals surface area contributed by atoms with Gasteiger partial charge >= 0.3 is 59.6 Å². The monoisotopic (exact) mass is 175 g/mol. The number of nitrogens with two attached hydrogens (primary N) is 1. The van der Waals surface area contributed by atoms with Crippen LogP contribution in [0.1, 0.15) is 0 Å². The molecular weight excluding hydrogens is 170 g/mol. The fourth-order valence-corrected chi connectivity index (χ4v) is 0.346. The molecule has 0 bridgehead atoms. The maximum atomic E-state index is 9.91. The number of aliphatic carboxylic acids is 1. The molecule has 0 heterocycles. The quantitative estimate of drug-likeness (QED) is 0.372. The number of carbonyl (C=O) groups is 1. The van der Waals surface area contributed by atoms with E-state index in [1.165, 1.54) is 0 Å². The summed E-state index contributed by atoms with van der Waals surface area (Å²) < 4.78 is 0.164. The van der Waals surface area contributed by atoms with Crippen LogP contribution in [0.2, 0.25) is 0 Å². The molecule has 0 aromatic rings. The summed E-state index contributed by atoms with van der Waals surface area (Å²) >= 11 is 6.87. The zero-order valence-electron chi connectivity index (χ0n) is 3.81. The standard InChI is InChI=1S/C3H5NO2S.Fe/c4-2(1-7)3(5)6;/h2,7H,4H2,(H,5,6);/q;+1. The molecule has 0 rings (SSSR count). The first-order chi connectivity index (χ1) is 3.55. The number of thiol groups is 1. The van der Waals surface area contributed by atoms with Crippen molar-refractivity contribution in [2.45, 2.75) is 6.04 Å². The fourth-order valence-electron chi connectivity index (χ4n) is 0.0989. The van der Waals surface area contributed by atoms with Gasteiger partial charge in [-0.2, -0.15) is 0 Å². The van der Waals surface area contributed by atoms with E-state index in [-0.39, 0.29) is 3.75 Å². The molecule has 0 saturated carbocycles. The molecular formula is C3H5FeNO2S+. The maximum absolute atomic E-state index is 9.91. The number of rotatable bonds is 2. The third kappa shape index (κ3) is 2.47. The van der Waals surface area contributed by atoms with Crippen LogP contribution in [0.15, 0.2) is 0 Å². The normalized spacial score (nSPS) is 12.8. The van der Waals surface area contributed by atoms with Crippen molar-refractivity contribution in [1.29, 1.82) is 0 Å². The van der Waals surface area contributed by atoms with Gasteiger partial charge in [-0.15, -0.1) is 0 Å². The zero-order valence-corrected chi connectivity index (χ0v) is 5.81. The van der Waals surface area contributed by atoms with E-state index in [0.717, 1.165) is 0 Å². The third-order valence-electron chi connectivity index (χ3n) is 0.515. The molecule has 3 N–H and O–H groups in total. The Hall–Kier alpha value is 0.169. The van der Waals surface area contributed by atoms with E-state index in [4.69, 9.17) is 10.8 Å². The van der Waals surface area contributed by atoms with Crippen LogP contribution in [0.25, 0.3) is 0 Å². The van der Waals surface area contributed by atoms with Gasteiger partial charge in [0.15, 0.2) is 0 Å². The van der Waals surface area contributed by atoms with E-state index in [2.05, 4.69) is 28.2 Å². The molecule has 3 nitrogen and oxygen atoms in total. The van der Waals surface area contributed by atoms with E-state index >= 15 is 0 Å². The third-order valence-corrected chi connectivity index (χ3v) is 1.14. The molecule has 0 aliphatic carbocycles. The van der Waals surface area contributed by atoms with Crippen molar-refractivity contribution >= 4 is 22.3 Å². The first-order valence-electron chi connectivity index (χ1n) is 1.74. The van der Waals surface area contributed by atoms with Crippen LogP contribution >= 0.6 is 12.6 Å².